The summed E-state index contributed by atoms with van der Waals surface area (Å²) >= 11 is 0. The zero-order chi connectivity index (χ0) is 15.7. The zero-order valence-electron chi connectivity index (χ0n) is 14.0. The van der Waals surface area contributed by atoms with Crippen LogP contribution in [-0.2, 0) is 12.0 Å². The largest absolute Gasteiger partial charge is 0.385 e. The number of aliphatic hydroxyl groups is 1. The second-order valence-electron chi connectivity index (χ2n) is 7.47. The van der Waals surface area contributed by atoms with Crippen LogP contribution < -0.4 is 0 Å². The highest BCUT2D eigenvalue weighted by molar-refractivity contribution is 5.84. The first-order chi connectivity index (χ1) is 11.2. The predicted molar refractivity (Wildman–Crippen MR) is 94.7 cm³/mol. The van der Waals surface area contributed by atoms with E-state index in [0.29, 0.717) is 0 Å². The third-order valence-electron chi connectivity index (χ3n) is 5.88. The Bertz CT molecular complexity index is 663. The smallest absolute Gasteiger partial charge is 0.0896 e. The fourth-order valence-electron chi connectivity index (χ4n) is 4.38. The third-order valence-corrected chi connectivity index (χ3v) is 5.88. The number of H-pyrrole nitrogens is 1. The molecule has 0 bridgehead atoms. The lowest BCUT2D eigenvalue weighted by atomic mass is 9.79. The van der Waals surface area contributed by atoms with Crippen LogP contribution in [0, 0.1) is 0 Å². The fraction of sp³-hybridized carbons (Fsp3) is 0.600. The van der Waals surface area contributed by atoms with Gasteiger partial charge in [-0.25, -0.2) is 0 Å². The molecule has 4 rings (SSSR count). The summed E-state index contributed by atoms with van der Waals surface area (Å²) in [5, 5.41) is 12.3. The molecular weight excluding hydrogens is 284 g/mol. The molecule has 1 saturated carbocycles. The monoisotopic (exact) mass is 312 g/mol. The van der Waals surface area contributed by atoms with Gasteiger partial charge in [-0.15, -0.1) is 0 Å². The number of aromatic nitrogens is 1. The van der Waals surface area contributed by atoms with Crippen LogP contribution in [0.4, 0.5) is 0 Å². The highest BCUT2D eigenvalue weighted by Crippen LogP contribution is 2.38. The fourth-order valence-corrected chi connectivity index (χ4v) is 4.38. The molecule has 2 heterocycles. The van der Waals surface area contributed by atoms with Gasteiger partial charge in [-0.05, 0) is 68.5 Å². The van der Waals surface area contributed by atoms with E-state index in [2.05, 4.69) is 34.3 Å². The Labute approximate surface area is 138 Å². The van der Waals surface area contributed by atoms with E-state index in [4.69, 9.17) is 0 Å². The summed E-state index contributed by atoms with van der Waals surface area (Å²) in [7, 11) is 0. The van der Waals surface area contributed by atoms with Gasteiger partial charge in [0.2, 0.25) is 0 Å². The Hall–Kier alpha value is -1.32. The third kappa shape index (κ3) is 3.05. The SMILES string of the molecule is OC1(c2ccc3[nH]cc(CCN4CCCC4)c3c2)CCCCC1. The molecule has 3 heteroatoms. The van der Waals surface area contributed by atoms with Crippen LogP contribution in [0.25, 0.3) is 10.9 Å². The first-order valence-corrected chi connectivity index (χ1v) is 9.30. The van der Waals surface area contributed by atoms with Crippen molar-refractivity contribution in [2.75, 3.05) is 19.6 Å². The standard InChI is InChI=1S/C20H28N2O/c23-20(9-2-1-3-10-20)17-6-7-19-18(14-17)16(15-21-19)8-13-22-11-4-5-12-22/h6-7,14-15,21,23H,1-5,8-13H2. The van der Waals surface area contributed by atoms with E-state index in [0.717, 1.165) is 44.2 Å². The minimum Gasteiger partial charge on any atom is -0.385 e. The van der Waals surface area contributed by atoms with E-state index in [1.165, 1.54) is 48.8 Å². The van der Waals surface area contributed by atoms with Gasteiger partial charge in [0, 0.05) is 23.6 Å². The first-order valence-electron chi connectivity index (χ1n) is 9.30. The minimum absolute atomic E-state index is 0.601. The number of aromatic amines is 1. The molecule has 3 nitrogen and oxygen atoms in total. The lowest BCUT2D eigenvalue weighted by molar-refractivity contribution is -0.000508. The molecule has 0 atom stereocenters. The maximum atomic E-state index is 11.0. The Balaban J connectivity index is 1.58. The summed E-state index contributed by atoms with van der Waals surface area (Å²) in [5.41, 5.74) is 3.11. The van der Waals surface area contributed by atoms with Crippen molar-refractivity contribution in [3.05, 3.63) is 35.5 Å². The first kappa shape index (κ1) is 15.2. The van der Waals surface area contributed by atoms with Crippen molar-refractivity contribution in [1.82, 2.24) is 9.88 Å². The number of hydrogen-bond acceptors (Lipinski definition) is 2. The Morgan fingerprint density at radius 3 is 2.61 bits per heavy atom. The maximum absolute atomic E-state index is 11.0. The van der Waals surface area contributed by atoms with Crippen LogP contribution in [0.2, 0.25) is 0 Å². The van der Waals surface area contributed by atoms with Gasteiger partial charge in [0.1, 0.15) is 0 Å². The molecule has 1 aromatic carbocycles. The van der Waals surface area contributed by atoms with Crippen molar-refractivity contribution in [2.24, 2.45) is 0 Å². The highest BCUT2D eigenvalue weighted by Gasteiger charge is 2.31. The topological polar surface area (TPSA) is 39.3 Å². The summed E-state index contributed by atoms with van der Waals surface area (Å²) in [5.74, 6) is 0. The average Bonchev–Trinajstić information content (AvgIpc) is 3.22. The Morgan fingerprint density at radius 1 is 1.04 bits per heavy atom. The van der Waals surface area contributed by atoms with Gasteiger partial charge in [-0.2, -0.15) is 0 Å². The quantitative estimate of drug-likeness (QED) is 0.897. The van der Waals surface area contributed by atoms with Crippen molar-refractivity contribution in [3.63, 3.8) is 0 Å². The minimum atomic E-state index is -0.601. The molecule has 2 aromatic rings. The van der Waals surface area contributed by atoms with Crippen molar-refractivity contribution in [2.45, 2.75) is 57.0 Å². The number of hydrogen-bond donors (Lipinski definition) is 2. The maximum Gasteiger partial charge on any atom is 0.0896 e. The number of nitrogens with zero attached hydrogens (tertiary/aromatic N) is 1. The van der Waals surface area contributed by atoms with Crippen molar-refractivity contribution in [3.8, 4) is 0 Å². The molecular formula is C20H28N2O. The molecule has 0 radical (unpaired) electrons. The molecule has 2 fully saturated rings. The van der Waals surface area contributed by atoms with Crippen molar-refractivity contribution in [1.29, 1.82) is 0 Å². The van der Waals surface area contributed by atoms with Crippen LogP contribution in [0.5, 0.6) is 0 Å². The Morgan fingerprint density at radius 2 is 1.83 bits per heavy atom. The highest BCUT2D eigenvalue weighted by atomic mass is 16.3. The zero-order valence-corrected chi connectivity index (χ0v) is 14.0. The van der Waals surface area contributed by atoms with Crippen LogP contribution in [-0.4, -0.2) is 34.6 Å². The molecule has 1 aliphatic heterocycles. The van der Waals surface area contributed by atoms with E-state index >= 15 is 0 Å². The Kier molecular flexibility index (Phi) is 4.16. The second-order valence-corrected chi connectivity index (χ2v) is 7.47. The number of benzene rings is 1. The van der Waals surface area contributed by atoms with Gasteiger partial charge in [0.25, 0.3) is 0 Å². The van der Waals surface area contributed by atoms with Gasteiger partial charge in [-0.1, -0.05) is 25.3 Å². The van der Waals surface area contributed by atoms with Gasteiger partial charge >= 0.3 is 0 Å². The van der Waals surface area contributed by atoms with Crippen LogP contribution >= 0.6 is 0 Å². The lowest BCUT2D eigenvalue weighted by Crippen LogP contribution is -2.28. The molecule has 1 saturated heterocycles. The number of nitrogens with one attached hydrogen (secondary N) is 1. The molecule has 124 valence electrons. The van der Waals surface area contributed by atoms with E-state index in [-0.39, 0.29) is 0 Å². The summed E-state index contributed by atoms with van der Waals surface area (Å²) in [6, 6.07) is 6.52. The average molecular weight is 312 g/mol. The summed E-state index contributed by atoms with van der Waals surface area (Å²) in [6.45, 7) is 3.67. The molecule has 23 heavy (non-hydrogen) atoms. The van der Waals surface area contributed by atoms with E-state index < -0.39 is 5.60 Å². The van der Waals surface area contributed by atoms with Crippen LogP contribution in [0.3, 0.4) is 0 Å². The lowest BCUT2D eigenvalue weighted by Gasteiger charge is -2.32. The van der Waals surface area contributed by atoms with Gasteiger partial charge in [0.15, 0.2) is 0 Å². The van der Waals surface area contributed by atoms with Gasteiger partial charge in [-0.3, -0.25) is 0 Å². The van der Waals surface area contributed by atoms with E-state index in [1.807, 2.05) is 0 Å². The molecule has 1 aliphatic carbocycles. The normalized spacial score (nSPS) is 22.0. The molecule has 1 aromatic heterocycles. The van der Waals surface area contributed by atoms with Crippen LogP contribution in [0.1, 0.15) is 56.1 Å². The number of fused-ring (bicyclic) bond motifs is 1. The van der Waals surface area contributed by atoms with Gasteiger partial charge < -0.3 is 15.0 Å². The number of likely N-dealkylation sites (tertiary alicyclic amines) is 1. The second kappa shape index (κ2) is 6.29. The number of rotatable bonds is 4. The molecule has 0 unspecified atom stereocenters. The van der Waals surface area contributed by atoms with Gasteiger partial charge in [0.05, 0.1) is 5.60 Å². The molecule has 2 aliphatic rings. The summed E-state index contributed by atoms with van der Waals surface area (Å²) < 4.78 is 0. The summed E-state index contributed by atoms with van der Waals surface area (Å²) in [4.78, 5) is 5.97. The van der Waals surface area contributed by atoms with Crippen molar-refractivity contribution < 1.29 is 5.11 Å². The van der Waals surface area contributed by atoms with E-state index in [1.54, 1.807) is 0 Å². The predicted octanol–water partition coefficient (Wildman–Crippen LogP) is 3.96. The summed E-state index contributed by atoms with van der Waals surface area (Å²) in [6.07, 6.45) is 11.3. The molecule has 2 N–H and O–H groups in total. The molecule has 0 spiro atoms. The van der Waals surface area contributed by atoms with Crippen molar-refractivity contribution >= 4 is 10.9 Å². The molecule has 0 amide bonds. The van der Waals surface area contributed by atoms with E-state index in [9.17, 15) is 5.11 Å². The van der Waals surface area contributed by atoms with Crippen LogP contribution in [0.15, 0.2) is 24.4 Å².